The number of alkyl halides is 1. The van der Waals surface area contributed by atoms with Crippen molar-refractivity contribution in [2.45, 2.75) is 105 Å². The van der Waals surface area contributed by atoms with E-state index in [9.17, 15) is 14.3 Å². The standard InChI is InChI=1S/C38H54FNO2/c1-24(2)27-14-19-38(40-23-22-39)21-20-36(6)29(32(27)38)12-13-31-35(5)17-15-28(25-8-10-26(11-9-25)33(41)42)34(3,4)30(35)16-18-37(31,36)7/h8-11,15,27,29-32,40H,1,12-14,16-23H2,2-7H3,(H,41,42)/t27-,29+,30-,31+,32+,35-,36+,37+,38-/m0/s1. The lowest BCUT2D eigenvalue weighted by atomic mass is 9.33. The summed E-state index contributed by atoms with van der Waals surface area (Å²) in [5, 5.41) is 13.2. The number of carboxylic acids is 1. The molecule has 0 amide bonds. The molecule has 0 unspecified atom stereocenters. The zero-order valence-electron chi connectivity index (χ0n) is 27.0. The second-order valence-electron chi connectivity index (χ2n) is 16.4. The van der Waals surface area contributed by atoms with Gasteiger partial charge in [0.05, 0.1) is 5.56 Å². The highest BCUT2D eigenvalue weighted by molar-refractivity contribution is 5.88. The van der Waals surface area contributed by atoms with Crippen molar-refractivity contribution in [2.24, 2.45) is 51.2 Å². The Morgan fingerprint density at radius 1 is 0.952 bits per heavy atom. The Bertz CT molecular complexity index is 1280. The number of nitrogens with one attached hydrogen (secondary N) is 1. The minimum absolute atomic E-state index is 0.0192. The van der Waals surface area contributed by atoms with Crippen molar-refractivity contribution in [2.75, 3.05) is 13.2 Å². The van der Waals surface area contributed by atoms with Gasteiger partial charge in [0.15, 0.2) is 0 Å². The van der Waals surface area contributed by atoms with Crippen LogP contribution < -0.4 is 5.32 Å². The number of rotatable bonds is 6. The fraction of sp³-hybridized carbons (Fsp3) is 0.711. The lowest BCUT2D eigenvalue weighted by molar-refractivity contribution is -0.219. The van der Waals surface area contributed by atoms with Gasteiger partial charge in [0, 0.05) is 12.1 Å². The van der Waals surface area contributed by atoms with Crippen molar-refractivity contribution in [1.29, 1.82) is 0 Å². The fourth-order valence-corrected chi connectivity index (χ4v) is 12.6. The van der Waals surface area contributed by atoms with Crippen LogP contribution in [0.1, 0.15) is 115 Å². The molecule has 1 aromatic rings. The van der Waals surface area contributed by atoms with Gasteiger partial charge in [-0.15, -0.1) is 0 Å². The molecule has 9 atom stereocenters. The second kappa shape index (κ2) is 10.0. The number of fused-ring (bicyclic) bond motifs is 7. The largest absolute Gasteiger partial charge is 0.478 e. The topological polar surface area (TPSA) is 49.3 Å². The van der Waals surface area contributed by atoms with Crippen LogP contribution in [-0.4, -0.2) is 29.8 Å². The maximum absolute atomic E-state index is 13.5. The Labute approximate surface area is 253 Å². The van der Waals surface area contributed by atoms with Crippen LogP contribution in [0.15, 0.2) is 42.5 Å². The molecule has 4 heteroatoms. The molecule has 0 heterocycles. The van der Waals surface area contributed by atoms with E-state index in [4.69, 9.17) is 0 Å². The Morgan fingerprint density at radius 3 is 2.31 bits per heavy atom. The molecule has 0 aliphatic heterocycles. The van der Waals surface area contributed by atoms with Gasteiger partial charge in [0.1, 0.15) is 6.67 Å². The molecule has 0 aromatic heterocycles. The molecule has 0 saturated heterocycles. The summed E-state index contributed by atoms with van der Waals surface area (Å²) in [6.45, 7) is 19.8. The van der Waals surface area contributed by atoms with Crippen LogP contribution in [0, 0.1) is 51.2 Å². The number of benzene rings is 1. The van der Waals surface area contributed by atoms with E-state index in [1.165, 1.54) is 61.7 Å². The first-order chi connectivity index (χ1) is 19.7. The van der Waals surface area contributed by atoms with E-state index in [-0.39, 0.29) is 33.9 Å². The van der Waals surface area contributed by atoms with Crippen molar-refractivity contribution in [3.8, 4) is 0 Å². The normalized spacial score (nSPS) is 43.8. The summed E-state index contributed by atoms with van der Waals surface area (Å²) >= 11 is 0. The minimum atomic E-state index is -0.869. The summed E-state index contributed by atoms with van der Waals surface area (Å²) in [4.78, 5) is 11.5. The summed E-state index contributed by atoms with van der Waals surface area (Å²) in [5.41, 5.74) is 5.13. The maximum atomic E-state index is 13.5. The zero-order valence-corrected chi connectivity index (χ0v) is 27.0. The molecular weight excluding hydrogens is 521 g/mol. The molecule has 3 nitrogen and oxygen atoms in total. The number of carbonyl (C=O) groups is 1. The first-order valence-corrected chi connectivity index (χ1v) is 16.8. The molecular formula is C38H54FNO2. The molecule has 2 N–H and O–H groups in total. The molecule has 0 spiro atoms. The van der Waals surface area contributed by atoms with Gasteiger partial charge in [0.2, 0.25) is 0 Å². The highest BCUT2D eigenvalue weighted by Gasteiger charge is 2.70. The van der Waals surface area contributed by atoms with Crippen LogP contribution in [0.25, 0.3) is 5.57 Å². The van der Waals surface area contributed by atoms with Gasteiger partial charge in [-0.1, -0.05) is 65.0 Å². The zero-order chi connectivity index (χ0) is 30.3. The van der Waals surface area contributed by atoms with Gasteiger partial charge < -0.3 is 10.4 Å². The van der Waals surface area contributed by atoms with Gasteiger partial charge in [-0.05, 0) is 139 Å². The third-order valence-electron chi connectivity index (χ3n) is 14.7. The van der Waals surface area contributed by atoms with Crippen molar-refractivity contribution in [3.63, 3.8) is 0 Å². The second-order valence-corrected chi connectivity index (χ2v) is 16.4. The first-order valence-electron chi connectivity index (χ1n) is 16.8. The monoisotopic (exact) mass is 575 g/mol. The predicted molar refractivity (Wildman–Crippen MR) is 170 cm³/mol. The van der Waals surface area contributed by atoms with Crippen molar-refractivity contribution in [1.82, 2.24) is 5.32 Å². The van der Waals surface area contributed by atoms with E-state index in [1.54, 1.807) is 12.1 Å². The molecule has 4 fully saturated rings. The summed E-state index contributed by atoms with van der Waals surface area (Å²) in [5.74, 6) is 2.15. The smallest absolute Gasteiger partial charge is 0.335 e. The van der Waals surface area contributed by atoms with Crippen molar-refractivity contribution >= 4 is 11.5 Å². The molecule has 230 valence electrons. The van der Waals surface area contributed by atoms with Gasteiger partial charge in [0.25, 0.3) is 0 Å². The molecule has 42 heavy (non-hydrogen) atoms. The number of aromatic carboxylic acids is 1. The third-order valence-corrected chi connectivity index (χ3v) is 14.7. The maximum Gasteiger partial charge on any atom is 0.335 e. The Kier molecular flexibility index (Phi) is 7.20. The van der Waals surface area contributed by atoms with Crippen LogP contribution >= 0.6 is 0 Å². The Hall–Kier alpha value is -1.94. The highest BCUT2D eigenvalue weighted by atomic mass is 19.1. The summed E-state index contributed by atoms with van der Waals surface area (Å²) in [6, 6.07) is 7.55. The molecule has 5 aliphatic rings. The summed E-state index contributed by atoms with van der Waals surface area (Å²) < 4.78 is 13.5. The average molecular weight is 576 g/mol. The Balaban J connectivity index is 1.35. The van der Waals surface area contributed by atoms with Crippen LogP contribution in [0.4, 0.5) is 4.39 Å². The van der Waals surface area contributed by atoms with Gasteiger partial charge >= 0.3 is 5.97 Å². The van der Waals surface area contributed by atoms with Gasteiger partial charge in [-0.25, -0.2) is 9.18 Å². The molecule has 4 saturated carbocycles. The lowest BCUT2D eigenvalue weighted by Gasteiger charge is -2.72. The number of allylic oxidation sites excluding steroid dienone is 3. The van der Waals surface area contributed by atoms with E-state index in [2.05, 4.69) is 59.5 Å². The fourth-order valence-electron chi connectivity index (χ4n) is 12.6. The van der Waals surface area contributed by atoms with Crippen LogP contribution in [0.3, 0.4) is 0 Å². The summed E-state index contributed by atoms with van der Waals surface area (Å²) in [7, 11) is 0. The van der Waals surface area contributed by atoms with Crippen molar-refractivity contribution < 1.29 is 14.3 Å². The van der Waals surface area contributed by atoms with E-state index < -0.39 is 5.97 Å². The quantitative estimate of drug-likeness (QED) is 0.332. The lowest BCUT2D eigenvalue weighted by Crippen LogP contribution is -2.68. The summed E-state index contributed by atoms with van der Waals surface area (Å²) in [6.07, 6.45) is 13.5. The SMILES string of the molecule is C=C(C)[C@@H]1CC[C@]2(NCCF)CC[C@]3(C)[C@H](CC[C@@H]4[C@@]5(C)CC=C(c6ccc(C(=O)O)cc6)C(C)(C)[C@@H]5CC[C@]43C)[C@@H]12. The van der Waals surface area contributed by atoms with Crippen LogP contribution in [0.5, 0.6) is 0 Å². The predicted octanol–water partition coefficient (Wildman–Crippen LogP) is 9.35. The van der Waals surface area contributed by atoms with Gasteiger partial charge in [-0.3, -0.25) is 0 Å². The average Bonchev–Trinajstić information content (AvgIpc) is 3.32. The molecule has 1 aromatic carbocycles. The molecule has 5 aliphatic carbocycles. The number of hydrogen-bond donors (Lipinski definition) is 2. The molecule has 0 radical (unpaired) electrons. The van der Waals surface area contributed by atoms with Crippen molar-refractivity contribution in [3.05, 3.63) is 53.6 Å². The molecule has 6 rings (SSSR count). The number of hydrogen-bond acceptors (Lipinski definition) is 2. The van der Waals surface area contributed by atoms with E-state index in [0.29, 0.717) is 41.7 Å². The van der Waals surface area contributed by atoms with Crippen LogP contribution in [-0.2, 0) is 0 Å². The van der Waals surface area contributed by atoms with Crippen LogP contribution in [0.2, 0.25) is 0 Å². The number of halogens is 1. The van der Waals surface area contributed by atoms with E-state index >= 15 is 0 Å². The minimum Gasteiger partial charge on any atom is -0.478 e. The first kappa shape index (κ1) is 30.1. The van der Waals surface area contributed by atoms with E-state index in [0.717, 1.165) is 12.8 Å². The van der Waals surface area contributed by atoms with E-state index in [1.807, 2.05) is 12.1 Å². The van der Waals surface area contributed by atoms with Gasteiger partial charge in [-0.2, -0.15) is 0 Å². The molecule has 0 bridgehead atoms. The Morgan fingerprint density at radius 2 is 1.67 bits per heavy atom. The third kappa shape index (κ3) is 4.02. The highest BCUT2D eigenvalue weighted by Crippen LogP contribution is 2.76. The number of carboxylic acid groups (broad SMARTS) is 1.